The molecule has 0 bridgehead atoms. The molecule has 1 unspecified atom stereocenters. The summed E-state index contributed by atoms with van der Waals surface area (Å²) in [5.41, 5.74) is 1.08. The van der Waals surface area contributed by atoms with Crippen molar-refractivity contribution in [2.75, 3.05) is 13.6 Å². The Bertz CT molecular complexity index is 583. The van der Waals surface area contributed by atoms with Crippen LogP contribution in [0, 0.1) is 31.1 Å². The van der Waals surface area contributed by atoms with Crippen molar-refractivity contribution in [1.82, 2.24) is 14.1 Å². The number of hydrogen-bond donors (Lipinski definition) is 0. The third-order valence-electron chi connectivity index (χ3n) is 2.86. The highest BCUT2D eigenvalue weighted by atomic mass is 32.2. The average Bonchev–Trinajstić information content (AvgIpc) is 2.52. The molecule has 1 aromatic heterocycles. The summed E-state index contributed by atoms with van der Waals surface area (Å²) < 4.78 is 27.6. The van der Waals surface area contributed by atoms with Gasteiger partial charge in [-0.05, 0) is 20.8 Å². The molecular formula is C11H18N4O2S. The topological polar surface area (TPSA) is 79.0 Å². The molecule has 0 aromatic carbocycles. The number of sulfonamides is 1. The van der Waals surface area contributed by atoms with Crippen LogP contribution in [-0.4, -0.2) is 36.1 Å². The summed E-state index contributed by atoms with van der Waals surface area (Å²) in [6.07, 6.45) is 0. The fourth-order valence-electron chi connectivity index (χ4n) is 1.81. The molecule has 0 aliphatic heterocycles. The van der Waals surface area contributed by atoms with E-state index in [1.54, 1.807) is 32.5 Å². The van der Waals surface area contributed by atoms with Crippen molar-refractivity contribution in [2.24, 2.45) is 13.0 Å². The molecular weight excluding hydrogens is 252 g/mol. The van der Waals surface area contributed by atoms with Crippen LogP contribution in [0.5, 0.6) is 0 Å². The first kappa shape index (κ1) is 14.7. The van der Waals surface area contributed by atoms with Crippen LogP contribution in [0.25, 0.3) is 0 Å². The van der Waals surface area contributed by atoms with E-state index in [2.05, 4.69) is 5.10 Å². The molecule has 0 fully saturated rings. The highest BCUT2D eigenvalue weighted by Gasteiger charge is 2.28. The Hall–Kier alpha value is -1.39. The summed E-state index contributed by atoms with van der Waals surface area (Å²) in [4.78, 5) is 0.234. The number of aromatic nitrogens is 2. The van der Waals surface area contributed by atoms with Gasteiger partial charge in [-0.1, -0.05) is 0 Å². The zero-order valence-electron chi connectivity index (χ0n) is 11.3. The van der Waals surface area contributed by atoms with Gasteiger partial charge in [0.1, 0.15) is 4.90 Å². The Labute approximate surface area is 108 Å². The van der Waals surface area contributed by atoms with Crippen LogP contribution >= 0.6 is 0 Å². The second kappa shape index (κ2) is 5.08. The van der Waals surface area contributed by atoms with Gasteiger partial charge < -0.3 is 0 Å². The van der Waals surface area contributed by atoms with Gasteiger partial charge >= 0.3 is 0 Å². The standard InChI is InChI=1S/C11H18N4O2S/c1-8(6-12)7-14(4)18(16,17)11-9(2)13-15(5)10(11)3/h8H,7H2,1-5H3. The molecule has 0 saturated carbocycles. The van der Waals surface area contributed by atoms with E-state index >= 15 is 0 Å². The van der Waals surface area contributed by atoms with Crippen LogP contribution < -0.4 is 0 Å². The Morgan fingerprint density at radius 3 is 2.44 bits per heavy atom. The van der Waals surface area contributed by atoms with Crippen molar-refractivity contribution in [1.29, 1.82) is 5.26 Å². The Balaban J connectivity index is 3.19. The van der Waals surface area contributed by atoms with Crippen LogP contribution in [-0.2, 0) is 17.1 Å². The monoisotopic (exact) mass is 270 g/mol. The summed E-state index contributed by atoms with van der Waals surface area (Å²) in [6.45, 7) is 5.25. The maximum atomic E-state index is 12.4. The van der Waals surface area contributed by atoms with Crippen LogP contribution in [0.2, 0.25) is 0 Å². The first-order chi connectivity index (χ1) is 8.21. The minimum absolute atomic E-state index is 0.173. The van der Waals surface area contributed by atoms with E-state index in [1.807, 2.05) is 6.07 Å². The Kier molecular flexibility index (Phi) is 4.14. The molecule has 0 N–H and O–H groups in total. The highest BCUT2D eigenvalue weighted by molar-refractivity contribution is 7.89. The number of nitriles is 1. The van der Waals surface area contributed by atoms with Crippen LogP contribution in [0.3, 0.4) is 0 Å². The second-order valence-corrected chi connectivity index (χ2v) is 6.42. The summed E-state index contributed by atoms with van der Waals surface area (Å²) in [6, 6.07) is 2.03. The van der Waals surface area contributed by atoms with Gasteiger partial charge in [0.2, 0.25) is 10.0 Å². The van der Waals surface area contributed by atoms with Crippen molar-refractivity contribution in [2.45, 2.75) is 25.7 Å². The third-order valence-corrected chi connectivity index (χ3v) is 4.94. The van der Waals surface area contributed by atoms with Gasteiger partial charge in [0.25, 0.3) is 0 Å². The molecule has 7 heteroatoms. The van der Waals surface area contributed by atoms with Gasteiger partial charge in [-0.3, -0.25) is 4.68 Å². The van der Waals surface area contributed by atoms with Crippen LogP contribution in [0.1, 0.15) is 18.3 Å². The number of rotatable bonds is 4. The predicted molar refractivity (Wildman–Crippen MR) is 67.3 cm³/mol. The zero-order valence-corrected chi connectivity index (χ0v) is 12.1. The summed E-state index contributed by atoms with van der Waals surface area (Å²) in [7, 11) is -0.397. The molecule has 1 rings (SSSR count). The lowest BCUT2D eigenvalue weighted by molar-refractivity contribution is 0.438. The molecule has 0 spiro atoms. The fraction of sp³-hybridized carbons (Fsp3) is 0.636. The largest absolute Gasteiger partial charge is 0.271 e. The van der Waals surface area contributed by atoms with Gasteiger partial charge in [0.05, 0.1) is 23.4 Å². The van der Waals surface area contributed by atoms with Crippen molar-refractivity contribution >= 4 is 10.0 Å². The first-order valence-corrected chi connectivity index (χ1v) is 7.02. The van der Waals surface area contributed by atoms with E-state index in [-0.39, 0.29) is 17.4 Å². The minimum atomic E-state index is -3.59. The molecule has 1 atom stereocenters. The van der Waals surface area contributed by atoms with Crippen LogP contribution in [0.4, 0.5) is 0 Å². The van der Waals surface area contributed by atoms with E-state index in [4.69, 9.17) is 5.26 Å². The van der Waals surface area contributed by atoms with E-state index < -0.39 is 10.0 Å². The fourth-order valence-corrected chi connectivity index (χ4v) is 3.46. The predicted octanol–water partition coefficient (Wildman–Crippen LogP) is 0.817. The van der Waals surface area contributed by atoms with Gasteiger partial charge in [-0.2, -0.15) is 14.7 Å². The normalized spacial score (nSPS) is 13.6. The maximum absolute atomic E-state index is 12.4. The maximum Gasteiger partial charge on any atom is 0.246 e. The Morgan fingerprint density at radius 2 is 2.06 bits per heavy atom. The number of nitrogens with zero attached hydrogens (tertiary/aromatic N) is 4. The molecule has 0 amide bonds. The lowest BCUT2D eigenvalue weighted by Gasteiger charge is -2.18. The van der Waals surface area contributed by atoms with Gasteiger partial charge in [0, 0.05) is 20.6 Å². The minimum Gasteiger partial charge on any atom is -0.271 e. The van der Waals surface area contributed by atoms with E-state index in [0.29, 0.717) is 11.4 Å². The van der Waals surface area contributed by atoms with Gasteiger partial charge in [0.15, 0.2) is 0 Å². The number of hydrogen-bond acceptors (Lipinski definition) is 4. The molecule has 6 nitrogen and oxygen atoms in total. The van der Waals surface area contributed by atoms with E-state index in [0.717, 1.165) is 0 Å². The molecule has 0 radical (unpaired) electrons. The highest BCUT2D eigenvalue weighted by Crippen LogP contribution is 2.22. The van der Waals surface area contributed by atoms with Crippen molar-refractivity contribution < 1.29 is 8.42 Å². The smallest absolute Gasteiger partial charge is 0.246 e. The average molecular weight is 270 g/mol. The molecule has 100 valence electrons. The van der Waals surface area contributed by atoms with Crippen molar-refractivity contribution in [3.8, 4) is 6.07 Å². The molecule has 0 saturated heterocycles. The second-order valence-electron chi connectivity index (χ2n) is 4.44. The summed E-state index contributed by atoms with van der Waals surface area (Å²) >= 11 is 0. The first-order valence-electron chi connectivity index (χ1n) is 5.58. The molecule has 0 aliphatic rings. The van der Waals surface area contributed by atoms with Gasteiger partial charge in [-0.25, -0.2) is 8.42 Å². The van der Waals surface area contributed by atoms with Crippen molar-refractivity contribution in [3.05, 3.63) is 11.4 Å². The lowest BCUT2D eigenvalue weighted by Crippen LogP contribution is -2.31. The van der Waals surface area contributed by atoms with Gasteiger partial charge in [-0.15, -0.1) is 0 Å². The zero-order chi connectivity index (χ0) is 14.1. The number of aryl methyl sites for hydroxylation is 2. The summed E-state index contributed by atoms with van der Waals surface area (Å²) in [5.74, 6) is -0.345. The molecule has 18 heavy (non-hydrogen) atoms. The molecule has 1 aromatic rings. The third kappa shape index (κ3) is 2.54. The Morgan fingerprint density at radius 1 is 1.50 bits per heavy atom. The SMILES string of the molecule is Cc1nn(C)c(C)c1S(=O)(=O)N(C)CC(C)C#N. The summed E-state index contributed by atoms with van der Waals surface area (Å²) in [5, 5.41) is 12.8. The molecule has 1 heterocycles. The lowest BCUT2D eigenvalue weighted by atomic mass is 10.2. The van der Waals surface area contributed by atoms with Crippen LogP contribution in [0.15, 0.2) is 4.90 Å². The molecule has 0 aliphatic carbocycles. The van der Waals surface area contributed by atoms with E-state index in [9.17, 15) is 8.42 Å². The van der Waals surface area contributed by atoms with Crippen molar-refractivity contribution in [3.63, 3.8) is 0 Å². The quantitative estimate of drug-likeness (QED) is 0.811. The van der Waals surface area contributed by atoms with E-state index in [1.165, 1.54) is 11.4 Å².